The molecule has 1 aliphatic rings. The van der Waals surface area contributed by atoms with Gasteiger partial charge in [-0.05, 0) is 48.4 Å². The summed E-state index contributed by atoms with van der Waals surface area (Å²) in [6, 6.07) is 16.5. The number of ether oxygens (including phenoxy) is 2. The molecular weight excluding hydrogens is 451 g/mol. The second-order valence-electron chi connectivity index (χ2n) is 7.42. The smallest absolute Gasteiger partial charge is 0.289 e. The van der Waals surface area contributed by atoms with Crippen molar-refractivity contribution in [1.82, 2.24) is 9.88 Å². The highest BCUT2D eigenvalue weighted by Crippen LogP contribution is 2.36. The predicted octanol–water partition coefficient (Wildman–Crippen LogP) is 5.75. The van der Waals surface area contributed by atoms with E-state index in [2.05, 4.69) is 4.98 Å². The Kier molecular flexibility index (Phi) is 5.64. The van der Waals surface area contributed by atoms with Crippen LogP contribution in [0.2, 0.25) is 10.2 Å². The summed E-state index contributed by atoms with van der Waals surface area (Å²) in [5, 5.41) is 1.86. The van der Waals surface area contributed by atoms with E-state index in [0.29, 0.717) is 40.2 Å². The molecule has 4 aromatic rings. The zero-order chi connectivity index (χ0) is 22.1. The molecule has 1 amide bonds. The average molecular weight is 469 g/mol. The van der Waals surface area contributed by atoms with Crippen molar-refractivity contribution in [2.75, 3.05) is 13.3 Å². The number of rotatable bonds is 6. The summed E-state index contributed by atoms with van der Waals surface area (Å²) in [5.74, 6) is 1.37. The minimum Gasteiger partial charge on any atom is -0.459 e. The van der Waals surface area contributed by atoms with Gasteiger partial charge in [-0.3, -0.25) is 4.79 Å². The number of carbonyl (C=O) groups excluding carboxylic acids is 1. The molecule has 0 saturated carbocycles. The first-order valence-corrected chi connectivity index (χ1v) is 10.8. The molecule has 2 aromatic carbocycles. The van der Waals surface area contributed by atoms with Gasteiger partial charge in [-0.1, -0.05) is 35.3 Å². The van der Waals surface area contributed by atoms with Gasteiger partial charge in [-0.15, -0.1) is 0 Å². The fourth-order valence-electron chi connectivity index (χ4n) is 3.62. The number of pyridine rings is 1. The van der Waals surface area contributed by atoms with E-state index in [1.54, 1.807) is 23.1 Å². The third kappa shape index (κ3) is 4.24. The Bertz CT molecular complexity index is 1270. The summed E-state index contributed by atoms with van der Waals surface area (Å²) in [7, 11) is 0. The quantitative estimate of drug-likeness (QED) is 0.337. The van der Waals surface area contributed by atoms with E-state index in [9.17, 15) is 4.79 Å². The number of halogens is 2. The maximum atomic E-state index is 13.1. The Morgan fingerprint density at radius 1 is 1.03 bits per heavy atom. The highest BCUT2D eigenvalue weighted by molar-refractivity contribution is 6.30. The number of nitrogens with zero attached hydrogens (tertiary/aromatic N) is 2. The zero-order valence-electron chi connectivity index (χ0n) is 16.9. The van der Waals surface area contributed by atoms with Crippen molar-refractivity contribution >= 4 is 40.0 Å². The second kappa shape index (κ2) is 8.73. The average Bonchev–Trinajstić information content (AvgIpc) is 3.48. The van der Waals surface area contributed by atoms with Gasteiger partial charge in [0, 0.05) is 35.1 Å². The van der Waals surface area contributed by atoms with Crippen molar-refractivity contribution in [2.45, 2.75) is 13.0 Å². The largest absolute Gasteiger partial charge is 0.459 e. The molecular formula is C24H18Cl2N2O4. The molecule has 162 valence electrons. The van der Waals surface area contributed by atoms with Gasteiger partial charge in [0.25, 0.3) is 5.91 Å². The number of aromatic nitrogens is 1. The van der Waals surface area contributed by atoms with E-state index < -0.39 is 0 Å². The predicted molar refractivity (Wildman–Crippen MR) is 121 cm³/mol. The third-order valence-corrected chi connectivity index (χ3v) is 5.88. The fraction of sp³-hybridized carbons (Fsp3) is 0.167. The van der Waals surface area contributed by atoms with Crippen LogP contribution in [0.15, 0.2) is 65.3 Å². The lowest BCUT2D eigenvalue weighted by Gasteiger charge is -2.22. The summed E-state index contributed by atoms with van der Waals surface area (Å²) in [5.41, 5.74) is 2.50. The maximum Gasteiger partial charge on any atom is 0.289 e. The molecule has 2 aromatic heterocycles. The minimum absolute atomic E-state index is 0.183. The highest BCUT2D eigenvalue weighted by atomic mass is 35.5. The van der Waals surface area contributed by atoms with Gasteiger partial charge < -0.3 is 18.8 Å². The maximum absolute atomic E-state index is 13.1. The number of furan rings is 1. The van der Waals surface area contributed by atoms with Crippen molar-refractivity contribution < 1.29 is 18.7 Å². The first-order valence-electron chi connectivity index (χ1n) is 10.0. The van der Waals surface area contributed by atoms with Crippen LogP contribution in [0.4, 0.5) is 0 Å². The van der Waals surface area contributed by atoms with Gasteiger partial charge in [-0.25, -0.2) is 4.98 Å². The van der Waals surface area contributed by atoms with Crippen molar-refractivity contribution in [1.29, 1.82) is 0 Å². The zero-order valence-corrected chi connectivity index (χ0v) is 18.4. The van der Waals surface area contributed by atoms with Crippen LogP contribution < -0.4 is 9.47 Å². The molecule has 0 fully saturated rings. The monoisotopic (exact) mass is 468 g/mol. The molecule has 0 spiro atoms. The first kappa shape index (κ1) is 20.7. The molecule has 0 aliphatic carbocycles. The van der Waals surface area contributed by atoms with Crippen LogP contribution in [-0.2, 0) is 13.0 Å². The van der Waals surface area contributed by atoms with Crippen LogP contribution in [0, 0.1) is 0 Å². The number of hydrogen-bond donors (Lipinski definition) is 0. The Morgan fingerprint density at radius 2 is 1.81 bits per heavy atom. The summed E-state index contributed by atoms with van der Waals surface area (Å²) < 4.78 is 16.2. The van der Waals surface area contributed by atoms with Crippen LogP contribution in [0.3, 0.4) is 0 Å². The Hall–Kier alpha value is -3.22. The van der Waals surface area contributed by atoms with Crippen molar-refractivity contribution in [3.8, 4) is 11.5 Å². The molecule has 6 nitrogen and oxygen atoms in total. The lowest BCUT2D eigenvalue weighted by molar-refractivity contribution is 0.0713. The molecule has 0 saturated heterocycles. The SMILES string of the molecule is O=C(c1ccco1)N(CCc1ccc(Cl)cc1)Cc1cc2cc3c(cc2nc1Cl)OCO3. The van der Waals surface area contributed by atoms with E-state index >= 15 is 0 Å². The summed E-state index contributed by atoms with van der Waals surface area (Å²) >= 11 is 12.5. The summed E-state index contributed by atoms with van der Waals surface area (Å²) in [6.45, 7) is 0.933. The van der Waals surface area contributed by atoms with Gasteiger partial charge in [-0.2, -0.15) is 0 Å². The van der Waals surface area contributed by atoms with Gasteiger partial charge >= 0.3 is 0 Å². The van der Waals surface area contributed by atoms with Gasteiger partial charge in [0.15, 0.2) is 17.3 Å². The molecule has 0 N–H and O–H groups in total. The molecule has 32 heavy (non-hydrogen) atoms. The normalized spacial score (nSPS) is 12.3. The Morgan fingerprint density at radius 3 is 2.56 bits per heavy atom. The van der Waals surface area contributed by atoms with Crippen molar-refractivity contribution in [2.24, 2.45) is 0 Å². The van der Waals surface area contributed by atoms with Crippen molar-refractivity contribution in [3.63, 3.8) is 0 Å². The van der Waals surface area contributed by atoms with E-state index in [1.807, 2.05) is 36.4 Å². The van der Waals surface area contributed by atoms with Gasteiger partial charge in [0.05, 0.1) is 11.8 Å². The minimum atomic E-state index is -0.217. The topological polar surface area (TPSA) is 64.8 Å². The molecule has 1 aliphatic heterocycles. The lowest BCUT2D eigenvalue weighted by atomic mass is 10.1. The number of fused-ring (bicyclic) bond motifs is 2. The third-order valence-electron chi connectivity index (χ3n) is 5.30. The van der Waals surface area contributed by atoms with E-state index in [1.165, 1.54) is 6.26 Å². The number of benzene rings is 2. The first-order chi connectivity index (χ1) is 15.6. The second-order valence-corrected chi connectivity index (χ2v) is 8.21. The van der Waals surface area contributed by atoms with Crippen molar-refractivity contribution in [3.05, 3.63) is 87.9 Å². The van der Waals surface area contributed by atoms with Gasteiger partial charge in [0.2, 0.25) is 6.79 Å². The number of hydrogen-bond acceptors (Lipinski definition) is 5. The Balaban J connectivity index is 1.43. The fourth-order valence-corrected chi connectivity index (χ4v) is 3.96. The Labute approximate surface area is 194 Å². The van der Waals surface area contributed by atoms with E-state index in [0.717, 1.165) is 16.5 Å². The number of carbonyl (C=O) groups is 1. The van der Waals surface area contributed by atoms with E-state index in [4.69, 9.17) is 37.1 Å². The lowest BCUT2D eigenvalue weighted by Crippen LogP contribution is -2.32. The summed E-state index contributed by atoms with van der Waals surface area (Å²) in [6.07, 6.45) is 2.14. The van der Waals surface area contributed by atoms with Gasteiger partial charge in [0.1, 0.15) is 5.15 Å². The van der Waals surface area contributed by atoms with Crippen LogP contribution in [-0.4, -0.2) is 29.1 Å². The molecule has 0 unspecified atom stereocenters. The molecule has 3 heterocycles. The highest BCUT2D eigenvalue weighted by Gasteiger charge is 2.21. The molecule has 0 atom stereocenters. The molecule has 8 heteroatoms. The van der Waals surface area contributed by atoms with Crippen LogP contribution >= 0.6 is 23.2 Å². The van der Waals surface area contributed by atoms with Crippen LogP contribution in [0.1, 0.15) is 21.7 Å². The molecule has 0 radical (unpaired) electrons. The van der Waals surface area contributed by atoms with Crippen LogP contribution in [0.5, 0.6) is 11.5 Å². The van der Waals surface area contributed by atoms with E-state index in [-0.39, 0.29) is 25.0 Å². The standard InChI is InChI=1S/C24H18Cl2N2O4/c25-18-5-3-15(4-6-18)7-8-28(24(29)20-2-1-9-30-20)13-17-10-16-11-21-22(32-14-31-21)12-19(16)27-23(17)26/h1-6,9-12H,7-8,13-14H2. The number of amides is 1. The molecule has 0 bridgehead atoms. The summed E-state index contributed by atoms with van der Waals surface area (Å²) in [4.78, 5) is 19.3. The molecule has 5 rings (SSSR count). The van der Waals surface area contributed by atoms with Crippen LogP contribution in [0.25, 0.3) is 10.9 Å².